The van der Waals surface area contributed by atoms with Gasteiger partial charge in [-0.05, 0) is 31.5 Å². The lowest BCUT2D eigenvalue weighted by atomic mass is 10.1. The largest absolute Gasteiger partial charge is 0.381 e. The number of carbonyl (C=O) groups is 1. The zero-order valence-corrected chi connectivity index (χ0v) is 11.3. The summed E-state index contributed by atoms with van der Waals surface area (Å²) in [6.45, 7) is 2.01. The van der Waals surface area contributed by atoms with Gasteiger partial charge in [0.05, 0.1) is 0 Å². The molecule has 2 heterocycles. The van der Waals surface area contributed by atoms with Crippen molar-refractivity contribution in [3.8, 4) is 0 Å². The van der Waals surface area contributed by atoms with Gasteiger partial charge in [0.1, 0.15) is 0 Å². The number of nitrogens with two attached hydrogens (primary N) is 1. The van der Waals surface area contributed by atoms with E-state index in [0.717, 1.165) is 31.7 Å². The van der Waals surface area contributed by atoms with Crippen molar-refractivity contribution in [1.82, 2.24) is 9.88 Å². The van der Waals surface area contributed by atoms with Gasteiger partial charge < -0.3 is 15.4 Å². The van der Waals surface area contributed by atoms with Crippen molar-refractivity contribution < 1.29 is 9.53 Å². The summed E-state index contributed by atoms with van der Waals surface area (Å²) in [5, 5.41) is 0. The topological polar surface area (TPSA) is 68.5 Å². The molecule has 1 saturated heterocycles. The lowest BCUT2D eigenvalue weighted by Gasteiger charge is -2.31. The maximum atomic E-state index is 12.4. The molecule has 0 radical (unpaired) electrons. The molecule has 1 aromatic heterocycles. The van der Waals surface area contributed by atoms with Gasteiger partial charge in [0.25, 0.3) is 5.91 Å². The quantitative estimate of drug-likeness (QED) is 0.874. The first kappa shape index (κ1) is 14.0. The molecule has 1 fully saturated rings. The molecule has 0 bridgehead atoms. The number of nitrogens with zero attached hydrogens (tertiary/aromatic N) is 2. The van der Waals surface area contributed by atoms with E-state index in [2.05, 4.69) is 4.98 Å². The van der Waals surface area contributed by atoms with E-state index >= 15 is 0 Å². The zero-order chi connectivity index (χ0) is 13.7. The molecule has 1 aromatic rings. The molecular weight excluding hydrogens is 242 g/mol. The van der Waals surface area contributed by atoms with E-state index in [1.807, 2.05) is 18.0 Å². The minimum absolute atomic E-state index is 0.0487. The Morgan fingerprint density at radius 2 is 2.26 bits per heavy atom. The van der Waals surface area contributed by atoms with E-state index in [1.54, 1.807) is 12.3 Å². The molecule has 2 N–H and O–H groups in total. The van der Waals surface area contributed by atoms with Crippen molar-refractivity contribution in [2.75, 3.05) is 26.8 Å². The standard InChI is InChI=1S/C14H21N3O2/c1-17(13-4-8-19-9-5-13)14(18)11-3-7-16-12(10-11)2-6-15/h3,7,10,13H,2,4-6,8-9,15H2,1H3. The van der Waals surface area contributed by atoms with Crippen LogP contribution in [0.1, 0.15) is 28.9 Å². The van der Waals surface area contributed by atoms with Crippen molar-refractivity contribution >= 4 is 5.91 Å². The van der Waals surface area contributed by atoms with Crippen LogP contribution in [0.2, 0.25) is 0 Å². The van der Waals surface area contributed by atoms with Crippen LogP contribution in [0, 0.1) is 0 Å². The number of aromatic nitrogens is 1. The molecule has 0 aromatic carbocycles. The highest BCUT2D eigenvalue weighted by atomic mass is 16.5. The molecule has 0 unspecified atom stereocenters. The number of hydrogen-bond donors (Lipinski definition) is 1. The van der Waals surface area contributed by atoms with E-state index in [-0.39, 0.29) is 11.9 Å². The van der Waals surface area contributed by atoms with E-state index in [1.165, 1.54) is 0 Å². The Morgan fingerprint density at radius 1 is 1.53 bits per heavy atom. The number of rotatable bonds is 4. The molecule has 5 nitrogen and oxygen atoms in total. The summed E-state index contributed by atoms with van der Waals surface area (Å²) >= 11 is 0. The SMILES string of the molecule is CN(C(=O)c1ccnc(CCN)c1)C1CCOCC1. The number of pyridine rings is 1. The maximum absolute atomic E-state index is 12.4. The third-order valence-electron chi connectivity index (χ3n) is 3.52. The Balaban J connectivity index is 2.07. The third-order valence-corrected chi connectivity index (χ3v) is 3.52. The highest BCUT2D eigenvalue weighted by Crippen LogP contribution is 2.16. The second kappa shape index (κ2) is 6.63. The van der Waals surface area contributed by atoms with Gasteiger partial charge in [0.15, 0.2) is 0 Å². The second-order valence-electron chi connectivity index (χ2n) is 4.83. The Labute approximate surface area is 113 Å². The van der Waals surface area contributed by atoms with E-state index in [0.29, 0.717) is 18.5 Å². The highest BCUT2D eigenvalue weighted by molar-refractivity contribution is 5.94. The number of carbonyl (C=O) groups excluding carboxylic acids is 1. The summed E-state index contributed by atoms with van der Waals surface area (Å²) in [4.78, 5) is 18.5. The van der Waals surface area contributed by atoms with Crippen molar-refractivity contribution in [2.24, 2.45) is 5.73 Å². The lowest BCUT2D eigenvalue weighted by Crippen LogP contribution is -2.40. The van der Waals surface area contributed by atoms with Gasteiger partial charge in [0.2, 0.25) is 0 Å². The van der Waals surface area contributed by atoms with Crippen molar-refractivity contribution in [3.63, 3.8) is 0 Å². The molecule has 0 atom stereocenters. The molecule has 19 heavy (non-hydrogen) atoms. The van der Waals surface area contributed by atoms with Gasteiger partial charge in [-0.25, -0.2) is 0 Å². The lowest BCUT2D eigenvalue weighted by molar-refractivity contribution is 0.0362. The summed E-state index contributed by atoms with van der Waals surface area (Å²) in [7, 11) is 1.86. The fraction of sp³-hybridized carbons (Fsp3) is 0.571. The average Bonchev–Trinajstić information content (AvgIpc) is 2.47. The normalized spacial score (nSPS) is 16.3. The molecular formula is C14H21N3O2. The summed E-state index contributed by atoms with van der Waals surface area (Å²) in [5.74, 6) is 0.0487. The molecule has 104 valence electrons. The summed E-state index contributed by atoms with van der Waals surface area (Å²) < 4.78 is 5.32. The van der Waals surface area contributed by atoms with Crippen molar-refractivity contribution in [2.45, 2.75) is 25.3 Å². The molecule has 0 saturated carbocycles. The monoisotopic (exact) mass is 263 g/mol. The van der Waals surface area contributed by atoms with Crippen LogP contribution in [0.4, 0.5) is 0 Å². The molecule has 0 aliphatic carbocycles. The summed E-state index contributed by atoms with van der Waals surface area (Å²) in [6, 6.07) is 3.87. The predicted molar refractivity (Wildman–Crippen MR) is 72.9 cm³/mol. The van der Waals surface area contributed by atoms with Gasteiger partial charge in [-0.15, -0.1) is 0 Å². The van der Waals surface area contributed by atoms with Crippen LogP contribution >= 0.6 is 0 Å². The second-order valence-corrected chi connectivity index (χ2v) is 4.83. The zero-order valence-electron chi connectivity index (χ0n) is 11.3. The Hall–Kier alpha value is -1.46. The van der Waals surface area contributed by atoms with Gasteiger partial charge >= 0.3 is 0 Å². The van der Waals surface area contributed by atoms with E-state index in [9.17, 15) is 4.79 Å². The van der Waals surface area contributed by atoms with Gasteiger partial charge in [-0.3, -0.25) is 9.78 Å². The Bertz CT molecular complexity index is 430. The minimum atomic E-state index is 0.0487. The molecule has 1 aliphatic rings. The minimum Gasteiger partial charge on any atom is -0.381 e. The van der Waals surface area contributed by atoms with Crippen LogP contribution < -0.4 is 5.73 Å². The fourth-order valence-corrected chi connectivity index (χ4v) is 2.34. The Morgan fingerprint density at radius 3 is 2.95 bits per heavy atom. The first-order valence-corrected chi connectivity index (χ1v) is 6.72. The van der Waals surface area contributed by atoms with Gasteiger partial charge in [-0.2, -0.15) is 0 Å². The number of ether oxygens (including phenoxy) is 1. The first-order valence-electron chi connectivity index (χ1n) is 6.72. The predicted octanol–water partition coefficient (Wildman–Crippen LogP) is 0.834. The van der Waals surface area contributed by atoms with Crippen LogP contribution in [-0.4, -0.2) is 48.6 Å². The smallest absolute Gasteiger partial charge is 0.253 e. The van der Waals surface area contributed by atoms with Crippen LogP contribution in [0.5, 0.6) is 0 Å². The first-order chi connectivity index (χ1) is 9.22. The van der Waals surface area contributed by atoms with Crippen LogP contribution in [-0.2, 0) is 11.2 Å². The molecule has 5 heteroatoms. The van der Waals surface area contributed by atoms with Crippen molar-refractivity contribution in [3.05, 3.63) is 29.6 Å². The maximum Gasteiger partial charge on any atom is 0.253 e. The molecule has 1 amide bonds. The molecule has 0 spiro atoms. The van der Waals surface area contributed by atoms with E-state index in [4.69, 9.17) is 10.5 Å². The average molecular weight is 263 g/mol. The van der Waals surface area contributed by atoms with Crippen LogP contribution in [0.25, 0.3) is 0 Å². The van der Waals surface area contributed by atoms with Crippen LogP contribution in [0.3, 0.4) is 0 Å². The Kier molecular flexibility index (Phi) is 4.87. The molecule has 2 rings (SSSR count). The van der Waals surface area contributed by atoms with Gasteiger partial charge in [-0.1, -0.05) is 0 Å². The number of amides is 1. The summed E-state index contributed by atoms with van der Waals surface area (Å²) in [6.07, 6.45) is 4.18. The summed E-state index contributed by atoms with van der Waals surface area (Å²) in [5.41, 5.74) is 7.07. The fourth-order valence-electron chi connectivity index (χ4n) is 2.34. The molecule has 1 aliphatic heterocycles. The van der Waals surface area contributed by atoms with E-state index < -0.39 is 0 Å². The van der Waals surface area contributed by atoms with Gasteiger partial charge in [0, 0.05) is 50.2 Å². The van der Waals surface area contributed by atoms with Crippen molar-refractivity contribution in [1.29, 1.82) is 0 Å². The highest BCUT2D eigenvalue weighted by Gasteiger charge is 2.23. The third kappa shape index (κ3) is 3.52. The van der Waals surface area contributed by atoms with Crippen LogP contribution in [0.15, 0.2) is 18.3 Å². The number of hydrogen-bond acceptors (Lipinski definition) is 4.